The summed E-state index contributed by atoms with van der Waals surface area (Å²) in [6, 6.07) is 14.9. The number of benzene rings is 2. The monoisotopic (exact) mass is 291 g/mol. The SMILES string of the molecule is CN(C)c1cccc(OCC(O)c2cccc(Cl)c2)c1. The van der Waals surface area contributed by atoms with Crippen LogP contribution >= 0.6 is 11.6 Å². The van der Waals surface area contributed by atoms with Crippen LogP contribution in [0.15, 0.2) is 48.5 Å². The number of hydrogen-bond acceptors (Lipinski definition) is 3. The van der Waals surface area contributed by atoms with E-state index in [-0.39, 0.29) is 6.61 Å². The topological polar surface area (TPSA) is 32.7 Å². The van der Waals surface area contributed by atoms with E-state index in [0.29, 0.717) is 5.02 Å². The maximum atomic E-state index is 10.1. The van der Waals surface area contributed by atoms with Gasteiger partial charge in [-0.25, -0.2) is 0 Å². The molecule has 0 radical (unpaired) electrons. The van der Waals surface area contributed by atoms with E-state index in [1.54, 1.807) is 12.1 Å². The van der Waals surface area contributed by atoms with Crippen molar-refractivity contribution in [3.63, 3.8) is 0 Å². The minimum atomic E-state index is -0.697. The molecule has 0 bridgehead atoms. The van der Waals surface area contributed by atoms with Crippen molar-refractivity contribution in [2.45, 2.75) is 6.10 Å². The lowest BCUT2D eigenvalue weighted by Crippen LogP contribution is -2.11. The highest BCUT2D eigenvalue weighted by Crippen LogP contribution is 2.22. The average molecular weight is 292 g/mol. The maximum absolute atomic E-state index is 10.1. The molecule has 0 aliphatic rings. The van der Waals surface area contributed by atoms with Gasteiger partial charge in [0.25, 0.3) is 0 Å². The molecule has 0 aromatic heterocycles. The normalized spacial score (nSPS) is 12.0. The molecule has 106 valence electrons. The third-order valence-corrected chi connectivity index (χ3v) is 3.21. The standard InChI is InChI=1S/C16H18ClNO2/c1-18(2)14-7-4-8-15(10-14)20-11-16(19)12-5-3-6-13(17)9-12/h3-10,16,19H,11H2,1-2H3. The number of hydrogen-bond donors (Lipinski definition) is 1. The van der Waals surface area contributed by atoms with Crippen molar-refractivity contribution in [2.24, 2.45) is 0 Å². The molecule has 0 aliphatic heterocycles. The second-order valence-corrected chi connectivity index (χ2v) is 5.21. The molecular weight excluding hydrogens is 274 g/mol. The lowest BCUT2D eigenvalue weighted by Gasteiger charge is -2.16. The van der Waals surface area contributed by atoms with E-state index < -0.39 is 6.10 Å². The molecule has 1 atom stereocenters. The summed E-state index contributed by atoms with van der Waals surface area (Å²) in [6.45, 7) is 0.192. The number of ether oxygens (including phenoxy) is 1. The van der Waals surface area contributed by atoms with Gasteiger partial charge < -0.3 is 14.7 Å². The van der Waals surface area contributed by atoms with Crippen molar-refractivity contribution in [1.29, 1.82) is 0 Å². The van der Waals surface area contributed by atoms with Gasteiger partial charge in [-0.15, -0.1) is 0 Å². The zero-order chi connectivity index (χ0) is 14.5. The van der Waals surface area contributed by atoms with Crippen LogP contribution in [0.3, 0.4) is 0 Å². The van der Waals surface area contributed by atoms with E-state index >= 15 is 0 Å². The molecule has 2 rings (SSSR count). The number of aliphatic hydroxyl groups is 1. The highest BCUT2D eigenvalue weighted by Gasteiger charge is 2.09. The van der Waals surface area contributed by atoms with Crippen LogP contribution in [0.4, 0.5) is 5.69 Å². The maximum Gasteiger partial charge on any atom is 0.121 e. The summed E-state index contributed by atoms with van der Waals surface area (Å²) in [5.74, 6) is 0.734. The number of anilines is 1. The first-order valence-corrected chi connectivity index (χ1v) is 6.78. The Hall–Kier alpha value is -1.71. The lowest BCUT2D eigenvalue weighted by atomic mass is 10.1. The van der Waals surface area contributed by atoms with Gasteiger partial charge in [-0.05, 0) is 29.8 Å². The molecule has 1 unspecified atom stereocenters. The Morgan fingerprint density at radius 1 is 1.15 bits per heavy atom. The molecule has 0 amide bonds. The summed E-state index contributed by atoms with van der Waals surface area (Å²) in [5.41, 5.74) is 1.81. The van der Waals surface area contributed by atoms with Gasteiger partial charge >= 0.3 is 0 Å². The molecule has 0 saturated heterocycles. The van der Waals surface area contributed by atoms with Gasteiger partial charge in [0.05, 0.1) is 0 Å². The third kappa shape index (κ3) is 3.89. The summed E-state index contributed by atoms with van der Waals surface area (Å²) in [4.78, 5) is 2.00. The molecule has 0 fully saturated rings. The van der Waals surface area contributed by atoms with Gasteiger partial charge in [-0.2, -0.15) is 0 Å². The van der Waals surface area contributed by atoms with E-state index in [1.807, 2.05) is 55.4 Å². The molecule has 3 nitrogen and oxygen atoms in total. The van der Waals surface area contributed by atoms with Gasteiger partial charge in [0.2, 0.25) is 0 Å². The first-order chi connectivity index (χ1) is 9.56. The Labute approximate surface area is 124 Å². The van der Waals surface area contributed by atoms with Crippen LogP contribution in [0, 0.1) is 0 Å². The quantitative estimate of drug-likeness (QED) is 0.915. The fourth-order valence-corrected chi connectivity index (χ4v) is 2.04. The second kappa shape index (κ2) is 6.64. The molecule has 2 aromatic rings. The Bertz CT molecular complexity index is 572. The Kier molecular flexibility index (Phi) is 4.88. The van der Waals surface area contributed by atoms with E-state index in [0.717, 1.165) is 17.0 Å². The molecular formula is C16H18ClNO2. The lowest BCUT2D eigenvalue weighted by molar-refractivity contribution is 0.108. The molecule has 4 heteroatoms. The molecule has 2 aromatic carbocycles. The van der Waals surface area contributed by atoms with Crippen LogP contribution in [-0.2, 0) is 0 Å². The highest BCUT2D eigenvalue weighted by molar-refractivity contribution is 6.30. The van der Waals surface area contributed by atoms with Crippen LogP contribution in [0.2, 0.25) is 5.02 Å². The smallest absolute Gasteiger partial charge is 0.121 e. The van der Waals surface area contributed by atoms with Crippen LogP contribution in [0.1, 0.15) is 11.7 Å². The van der Waals surface area contributed by atoms with E-state index in [9.17, 15) is 5.11 Å². The number of nitrogens with zero attached hydrogens (tertiary/aromatic N) is 1. The third-order valence-electron chi connectivity index (χ3n) is 2.98. The van der Waals surface area contributed by atoms with Gasteiger partial charge in [0.1, 0.15) is 18.5 Å². The zero-order valence-corrected chi connectivity index (χ0v) is 12.3. The van der Waals surface area contributed by atoms with Crippen molar-refractivity contribution in [1.82, 2.24) is 0 Å². The fraction of sp³-hybridized carbons (Fsp3) is 0.250. The van der Waals surface area contributed by atoms with Crippen molar-refractivity contribution in [3.8, 4) is 5.75 Å². The van der Waals surface area contributed by atoms with E-state index in [1.165, 1.54) is 0 Å². The zero-order valence-electron chi connectivity index (χ0n) is 11.6. The van der Waals surface area contributed by atoms with Crippen LogP contribution in [-0.4, -0.2) is 25.8 Å². The summed E-state index contributed by atoms with van der Waals surface area (Å²) in [7, 11) is 3.94. The van der Waals surface area contributed by atoms with E-state index in [2.05, 4.69) is 0 Å². The molecule has 20 heavy (non-hydrogen) atoms. The van der Waals surface area contributed by atoms with Crippen LogP contribution in [0.5, 0.6) is 5.75 Å². The van der Waals surface area contributed by atoms with Gasteiger partial charge in [-0.1, -0.05) is 29.8 Å². The number of halogens is 1. The van der Waals surface area contributed by atoms with Crippen LogP contribution < -0.4 is 9.64 Å². The molecule has 0 aliphatic carbocycles. The summed E-state index contributed by atoms with van der Waals surface area (Å²) in [6.07, 6.45) is -0.697. The van der Waals surface area contributed by atoms with Gasteiger partial charge in [0.15, 0.2) is 0 Å². The summed E-state index contributed by atoms with van der Waals surface area (Å²) >= 11 is 5.90. The minimum Gasteiger partial charge on any atom is -0.490 e. The number of rotatable bonds is 5. The van der Waals surface area contributed by atoms with Crippen molar-refractivity contribution < 1.29 is 9.84 Å². The second-order valence-electron chi connectivity index (χ2n) is 4.77. The Balaban J connectivity index is 1.99. The summed E-state index contributed by atoms with van der Waals surface area (Å²) in [5, 5.41) is 10.7. The summed E-state index contributed by atoms with van der Waals surface area (Å²) < 4.78 is 5.63. The highest BCUT2D eigenvalue weighted by atomic mass is 35.5. The van der Waals surface area contributed by atoms with Gasteiger partial charge in [0, 0.05) is 30.9 Å². The Morgan fingerprint density at radius 3 is 2.60 bits per heavy atom. The van der Waals surface area contributed by atoms with E-state index in [4.69, 9.17) is 16.3 Å². The molecule has 1 N–H and O–H groups in total. The fourth-order valence-electron chi connectivity index (χ4n) is 1.84. The van der Waals surface area contributed by atoms with Crippen LogP contribution in [0.25, 0.3) is 0 Å². The molecule has 0 spiro atoms. The van der Waals surface area contributed by atoms with Crippen molar-refractivity contribution in [2.75, 3.05) is 25.6 Å². The Morgan fingerprint density at radius 2 is 1.90 bits per heavy atom. The predicted molar refractivity (Wildman–Crippen MR) is 82.7 cm³/mol. The first-order valence-electron chi connectivity index (χ1n) is 6.40. The average Bonchev–Trinajstić information content (AvgIpc) is 2.45. The molecule has 0 heterocycles. The van der Waals surface area contributed by atoms with Gasteiger partial charge in [-0.3, -0.25) is 0 Å². The molecule has 0 saturated carbocycles. The van der Waals surface area contributed by atoms with Crippen molar-refractivity contribution >= 4 is 17.3 Å². The largest absolute Gasteiger partial charge is 0.490 e. The minimum absolute atomic E-state index is 0.192. The first kappa shape index (κ1) is 14.7. The number of aliphatic hydroxyl groups excluding tert-OH is 1. The van der Waals surface area contributed by atoms with Crippen molar-refractivity contribution in [3.05, 3.63) is 59.1 Å². The predicted octanol–water partition coefficient (Wildman–Crippen LogP) is 3.52.